The van der Waals surface area contributed by atoms with Crippen LogP contribution in [0.3, 0.4) is 0 Å². The second-order valence-corrected chi connectivity index (χ2v) is 5.55. The van der Waals surface area contributed by atoms with Crippen LogP contribution in [-0.2, 0) is 11.3 Å². The fourth-order valence-electron chi connectivity index (χ4n) is 2.19. The van der Waals surface area contributed by atoms with Gasteiger partial charge in [-0.1, -0.05) is 0 Å². The number of rotatable bonds is 7. The maximum absolute atomic E-state index is 5.64. The Morgan fingerprint density at radius 1 is 1.30 bits per heavy atom. The monoisotopic (exact) mass is 297 g/mol. The Kier molecular flexibility index (Phi) is 6.01. The van der Waals surface area contributed by atoms with Gasteiger partial charge in [0.1, 0.15) is 13.2 Å². The van der Waals surface area contributed by atoms with E-state index in [-0.39, 0.29) is 6.10 Å². The largest absolute Gasteiger partial charge is 0.486 e. The van der Waals surface area contributed by atoms with Crippen LogP contribution in [0.5, 0.6) is 11.5 Å². The van der Waals surface area contributed by atoms with Gasteiger partial charge < -0.3 is 19.5 Å². The van der Waals surface area contributed by atoms with Crippen LogP contribution in [0, 0.1) is 0 Å². The average Bonchev–Trinajstić information content (AvgIpc) is 2.46. The molecule has 20 heavy (non-hydrogen) atoms. The summed E-state index contributed by atoms with van der Waals surface area (Å²) in [6, 6.07) is 4.15. The lowest BCUT2D eigenvalue weighted by Crippen LogP contribution is -2.26. The van der Waals surface area contributed by atoms with E-state index in [2.05, 4.69) is 30.6 Å². The SMILES string of the molecule is CCOC(C)CNCc1cc2c(cc1SC)OCCO2. The topological polar surface area (TPSA) is 39.7 Å². The fraction of sp³-hybridized carbons (Fsp3) is 0.600. The van der Waals surface area contributed by atoms with Crippen LogP contribution in [0.15, 0.2) is 17.0 Å². The second kappa shape index (κ2) is 7.76. The van der Waals surface area contributed by atoms with Gasteiger partial charge in [0.05, 0.1) is 6.10 Å². The number of nitrogens with one attached hydrogen (secondary N) is 1. The molecule has 1 atom stereocenters. The van der Waals surface area contributed by atoms with Gasteiger partial charge in [-0.05, 0) is 37.8 Å². The van der Waals surface area contributed by atoms with Crippen LogP contribution in [0.25, 0.3) is 0 Å². The highest BCUT2D eigenvalue weighted by molar-refractivity contribution is 7.98. The first-order valence-electron chi connectivity index (χ1n) is 7.03. The summed E-state index contributed by atoms with van der Waals surface area (Å²) in [7, 11) is 0. The van der Waals surface area contributed by atoms with E-state index in [0.29, 0.717) is 13.2 Å². The lowest BCUT2D eigenvalue weighted by atomic mass is 10.2. The summed E-state index contributed by atoms with van der Waals surface area (Å²) in [5.74, 6) is 1.70. The molecular weight excluding hydrogens is 274 g/mol. The van der Waals surface area contributed by atoms with Crippen molar-refractivity contribution >= 4 is 11.8 Å². The van der Waals surface area contributed by atoms with Crippen LogP contribution in [-0.4, -0.2) is 38.7 Å². The van der Waals surface area contributed by atoms with Gasteiger partial charge in [0.25, 0.3) is 0 Å². The molecule has 0 spiro atoms. The summed E-state index contributed by atoms with van der Waals surface area (Å²) in [4.78, 5) is 1.23. The predicted molar refractivity (Wildman–Crippen MR) is 82.0 cm³/mol. The molecule has 1 aromatic rings. The third-order valence-corrected chi connectivity index (χ3v) is 3.96. The lowest BCUT2D eigenvalue weighted by Gasteiger charge is -2.21. The average molecular weight is 297 g/mol. The number of benzene rings is 1. The van der Waals surface area contributed by atoms with E-state index in [0.717, 1.165) is 31.2 Å². The first kappa shape index (κ1) is 15.5. The van der Waals surface area contributed by atoms with E-state index < -0.39 is 0 Å². The van der Waals surface area contributed by atoms with Crippen LogP contribution < -0.4 is 14.8 Å². The molecule has 4 nitrogen and oxygen atoms in total. The molecule has 0 saturated heterocycles. The molecule has 112 valence electrons. The third-order valence-electron chi connectivity index (χ3n) is 3.14. The zero-order valence-electron chi connectivity index (χ0n) is 12.4. The van der Waals surface area contributed by atoms with Crippen molar-refractivity contribution in [2.75, 3.05) is 32.6 Å². The first-order valence-corrected chi connectivity index (χ1v) is 8.26. The highest BCUT2D eigenvalue weighted by atomic mass is 32.2. The van der Waals surface area contributed by atoms with Crippen molar-refractivity contribution in [3.8, 4) is 11.5 Å². The Balaban J connectivity index is 1.99. The van der Waals surface area contributed by atoms with Gasteiger partial charge in [-0.2, -0.15) is 0 Å². The lowest BCUT2D eigenvalue weighted by molar-refractivity contribution is 0.0759. The van der Waals surface area contributed by atoms with Gasteiger partial charge in [0.2, 0.25) is 0 Å². The van der Waals surface area contributed by atoms with Crippen molar-refractivity contribution in [2.45, 2.75) is 31.4 Å². The van der Waals surface area contributed by atoms with Gasteiger partial charge in [-0.25, -0.2) is 0 Å². The molecule has 1 unspecified atom stereocenters. The Hall–Kier alpha value is -0.910. The molecule has 1 aliphatic heterocycles. The molecule has 0 aliphatic carbocycles. The molecule has 1 aliphatic rings. The molecule has 5 heteroatoms. The summed E-state index contributed by atoms with van der Waals surface area (Å²) < 4.78 is 16.8. The molecule has 0 bridgehead atoms. The van der Waals surface area contributed by atoms with Crippen molar-refractivity contribution in [1.29, 1.82) is 0 Å². The van der Waals surface area contributed by atoms with E-state index in [9.17, 15) is 0 Å². The van der Waals surface area contributed by atoms with Crippen LogP contribution in [0.4, 0.5) is 0 Å². The minimum absolute atomic E-state index is 0.231. The number of fused-ring (bicyclic) bond motifs is 1. The summed E-state index contributed by atoms with van der Waals surface area (Å²) in [5.41, 5.74) is 1.24. The van der Waals surface area contributed by atoms with Crippen molar-refractivity contribution in [2.24, 2.45) is 0 Å². The Morgan fingerprint density at radius 2 is 2.00 bits per heavy atom. The maximum Gasteiger partial charge on any atom is 0.162 e. The summed E-state index contributed by atoms with van der Waals surface area (Å²) in [5, 5.41) is 3.43. The van der Waals surface area contributed by atoms with E-state index in [1.807, 2.05) is 6.92 Å². The molecule has 1 aromatic carbocycles. The summed E-state index contributed by atoms with van der Waals surface area (Å²) >= 11 is 1.73. The predicted octanol–water partition coefficient (Wildman–Crippen LogP) is 2.69. The molecule has 0 radical (unpaired) electrons. The highest BCUT2D eigenvalue weighted by Crippen LogP contribution is 2.36. The molecule has 2 rings (SSSR count). The fourth-order valence-corrected chi connectivity index (χ4v) is 2.81. The smallest absolute Gasteiger partial charge is 0.162 e. The van der Waals surface area contributed by atoms with Crippen molar-refractivity contribution < 1.29 is 14.2 Å². The Bertz CT molecular complexity index is 439. The van der Waals surface area contributed by atoms with Gasteiger partial charge in [-0.3, -0.25) is 0 Å². The molecule has 1 heterocycles. The van der Waals surface area contributed by atoms with Crippen LogP contribution in [0.2, 0.25) is 0 Å². The van der Waals surface area contributed by atoms with Gasteiger partial charge in [0, 0.05) is 24.6 Å². The highest BCUT2D eigenvalue weighted by Gasteiger charge is 2.15. The zero-order valence-corrected chi connectivity index (χ0v) is 13.2. The van der Waals surface area contributed by atoms with Crippen LogP contribution >= 0.6 is 11.8 Å². The van der Waals surface area contributed by atoms with E-state index in [4.69, 9.17) is 14.2 Å². The number of hydrogen-bond donors (Lipinski definition) is 1. The Labute approximate surface area is 125 Å². The van der Waals surface area contributed by atoms with E-state index in [1.165, 1.54) is 10.5 Å². The van der Waals surface area contributed by atoms with Crippen molar-refractivity contribution in [3.63, 3.8) is 0 Å². The molecular formula is C15H23NO3S. The first-order chi connectivity index (χ1) is 9.74. The normalized spacial score (nSPS) is 15.2. The molecule has 0 amide bonds. The quantitative estimate of drug-likeness (QED) is 0.784. The van der Waals surface area contributed by atoms with E-state index in [1.54, 1.807) is 11.8 Å². The van der Waals surface area contributed by atoms with Crippen molar-refractivity contribution in [1.82, 2.24) is 5.32 Å². The number of thioether (sulfide) groups is 1. The second-order valence-electron chi connectivity index (χ2n) is 4.70. The maximum atomic E-state index is 5.64. The standard InChI is InChI=1S/C15H23NO3S/c1-4-17-11(2)9-16-10-12-7-13-14(8-15(12)20-3)19-6-5-18-13/h7-8,11,16H,4-6,9-10H2,1-3H3. The molecule has 0 aromatic heterocycles. The summed E-state index contributed by atoms with van der Waals surface area (Å²) in [6.45, 7) is 7.76. The van der Waals surface area contributed by atoms with E-state index >= 15 is 0 Å². The molecule has 0 saturated carbocycles. The number of hydrogen-bond acceptors (Lipinski definition) is 5. The zero-order chi connectivity index (χ0) is 14.4. The minimum atomic E-state index is 0.231. The van der Waals surface area contributed by atoms with Gasteiger partial charge in [0.15, 0.2) is 11.5 Å². The third kappa shape index (κ3) is 4.04. The van der Waals surface area contributed by atoms with Crippen molar-refractivity contribution in [3.05, 3.63) is 17.7 Å². The van der Waals surface area contributed by atoms with Gasteiger partial charge in [-0.15, -0.1) is 11.8 Å². The Morgan fingerprint density at radius 3 is 2.65 bits per heavy atom. The molecule has 0 fully saturated rings. The van der Waals surface area contributed by atoms with Gasteiger partial charge >= 0.3 is 0 Å². The van der Waals surface area contributed by atoms with Crippen LogP contribution in [0.1, 0.15) is 19.4 Å². The molecule has 1 N–H and O–H groups in total. The minimum Gasteiger partial charge on any atom is -0.486 e. The summed E-state index contributed by atoms with van der Waals surface area (Å²) in [6.07, 6.45) is 2.31. The number of ether oxygens (including phenoxy) is 3.